The minimum absolute atomic E-state index is 0.0278. The average molecular weight is 328 g/mol. The number of carbonyl (C=O) groups is 1. The number of carbonyl (C=O) groups excluding carboxylic acids is 1. The third kappa shape index (κ3) is 5.19. The van der Waals surface area contributed by atoms with Gasteiger partial charge in [-0.05, 0) is 36.2 Å². The lowest BCUT2D eigenvalue weighted by atomic mass is 10.1. The number of nitrogens with one attached hydrogen (secondary N) is 1. The van der Waals surface area contributed by atoms with Crippen LogP contribution in [-0.2, 0) is 11.2 Å². The van der Waals surface area contributed by atoms with Crippen molar-refractivity contribution in [1.29, 1.82) is 0 Å². The summed E-state index contributed by atoms with van der Waals surface area (Å²) < 4.78 is 10.7. The highest BCUT2D eigenvalue weighted by atomic mass is 16.5. The fraction of sp³-hybridized carbons (Fsp3) is 0.316. The Hall–Kier alpha value is -2.69. The van der Waals surface area contributed by atoms with Crippen LogP contribution in [0, 0.1) is 0 Å². The van der Waals surface area contributed by atoms with Crippen LogP contribution in [0.3, 0.4) is 0 Å². The highest BCUT2D eigenvalue weighted by molar-refractivity contribution is 5.77. The second kappa shape index (κ2) is 8.82. The summed E-state index contributed by atoms with van der Waals surface area (Å²) in [6.07, 6.45) is 0.786. The number of ether oxygens (including phenoxy) is 2. The van der Waals surface area contributed by atoms with Gasteiger partial charge in [-0.15, -0.1) is 0 Å². The maximum absolute atomic E-state index is 11.9. The van der Waals surface area contributed by atoms with E-state index in [-0.39, 0.29) is 12.5 Å². The normalized spacial score (nSPS) is 10.1. The zero-order valence-electron chi connectivity index (χ0n) is 14.4. The summed E-state index contributed by atoms with van der Waals surface area (Å²) in [6.45, 7) is 0.551. The summed E-state index contributed by atoms with van der Waals surface area (Å²) in [5, 5.41) is 2.86. The molecule has 2 rings (SSSR count). The Kier molecular flexibility index (Phi) is 6.49. The molecule has 5 heteroatoms. The molecule has 5 nitrogen and oxygen atoms in total. The molecule has 0 aromatic heterocycles. The fourth-order valence-electron chi connectivity index (χ4n) is 2.24. The molecule has 2 aromatic carbocycles. The van der Waals surface area contributed by atoms with E-state index >= 15 is 0 Å². The van der Waals surface area contributed by atoms with E-state index in [1.807, 2.05) is 26.2 Å². The minimum Gasteiger partial charge on any atom is -0.493 e. The largest absolute Gasteiger partial charge is 0.493 e. The third-order valence-corrected chi connectivity index (χ3v) is 3.62. The molecule has 1 amide bonds. The van der Waals surface area contributed by atoms with E-state index in [0.29, 0.717) is 18.0 Å². The summed E-state index contributed by atoms with van der Waals surface area (Å²) >= 11 is 0. The minimum atomic E-state index is -0.147. The van der Waals surface area contributed by atoms with E-state index in [4.69, 9.17) is 9.47 Å². The van der Waals surface area contributed by atoms with Crippen LogP contribution in [0.4, 0.5) is 5.69 Å². The van der Waals surface area contributed by atoms with E-state index in [2.05, 4.69) is 34.5 Å². The Bertz CT molecular complexity index is 654. The molecule has 0 spiro atoms. The number of nitrogens with zero attached hydrogens (tertiary/aromatic N) is 1. The zero-order chi connectivity index (χ0) is 17.4. The third-order valence-electron chi connectivity index (χ3n) is 3.62. The lowest BCUT2D eigenvalue weighted by Crippen LogP contribution is -2.30. The van der Waals surface area contributed by atoms with Crippen molar-refractivity contribution in [1.82, 2.24) is 5.32 Å². The molecule has 0 bridgehead atoms. The van der Waals surface area contributed by atoms with Crippen LogP contribution in [0.2, 0.25) is 0 Å². The van der Waals surface area contributed by atoms with E-state index < -0.39 is 0 Å². The summed E-state index contributed by atoms with van der Waals surface area (Å²) in [7, 11) is 5.59. The summed E-state index contributed by atoms with van der Waals surface area (Å²) in [6, 6.07) is 15.6. The second-order valence-electron chi connectivity index (χ2n) is 5.60. The Balaban J connectivity index is 1.73. The van der Waals surface area contributed by atoms with Crippen molar-refractivity contribution in [3.63, 3.8) is 0 Å². The van der Waals surface area contributed by atoms with Crippen molar-refractivity contribution in [3.8, 4) is 11.5 Å². The van der Waals surface area contributed by atoms with Crippen LogP contribution >= 0.6 is 0 Å². The summed E-state index contributed by atoms with van der Waals surface area (Å²) in [5.41, 5.74) is 2.35. The zero-order valence-corrected chi connectivity index (χ0v) is 14.4. The predicted molar refractivity (Wildman–Crippen MR) is 96.0 cm³/mol. The van der Waals surface area contributed by atoms with Gasteiger partial charge in [0.2, 0.25) is 0 Å². The van der Waals surface area contributed by atoms with Crippen molar-refractivity contribution in [2.75, 3.05) is 39.3 Å². The molecular formula is C19H24N2O3. The van der Waals surface area contributed by atoms with Crippen LogP contribution < -0.4 is 19.7 Å². The molecule has 0 aliphatic carbocycles. The number of benzene rings is 2. The van der Waals surface area contributed by atoms with Gasteiger partial charge in [0, 0.05) is 26.3 Å². The number of para-hydroxylation sites is 2. The smallest absolute Gasteiger partial charge is 0.257 e. The van der Waals surface area contributed by atoms with Crippen LogP contribution in [0.5, 0.6) is 11.5 Å². The Morgan fingerprint density at radius 3 is 2.33 bits per heavy atom. The lowest BCUT2D eigenvalue weighted by Gasteiger charge is -2.13. The SMILES string of the molecule is COc1ccccc1OCC(=O)NCCc1ccc(N(C)C)cc1. The number of amides is 1. The lowest BCUT2D eigenvalue weighted by molar-refractivity contribution is -0.123. The molecule has 24 heavy (non-hydrogen) atoms. The molecule has 0 aliphatic rings. The van der Waals surface area contributed by atoms with Gasteiger partial charge >= 0.3 is 0 Å². The van der Waals surface area contributed by atoms with Gasteiger partial charge in [0.05, 0.1) is 7.11 Å². The van der Waals surface area contributed by atoms with Crippen molar-refractivity contribution in [2.45, 2.75) is 6.42 Å². The molecule has 2 aromatic rings. The Labute approximate surface area is 143 Å². The molecule has 0 aliphatic heterocycles. The van der Waals surface area contributed by atoms with Gasteiger partial charge in [-0.3, -0.25) is 4.79 Å². The van der Waals surface area contributed by atoms with Gasteiger partial charge in [-0.1, -0.05) is 24.3 Å². The van der Waals surface area contributed by atoms with Gasteiger partial charge < -0.3 is 19.7 Å². The second-order valence-corrected chi connectivity index (χ2v) is 5.60. The van der Waals surface area contributed by atoms with Crippen molar-refractivity contribution in [2.24, 2.45) is 0 Å². The molecule has 0 heterocycles. The Morgan fingerprint density at radius 1 is 1.04 bits per heavy atom. The first-order chi connectivity index (χ1) is 11.6. The predicted octanol–water partition coefficient (Wildman–Crippen LogP) is 2.50. The van der Waals surface area contributed by atoms with Crippen LogP contribution in [0.1, 0.15) is 5.56 Å². The quantitative estimate of drug-likeness (QED) is 0.809. The van der Waals surface area contributed by atoms with Crippen LogP contribution in [0.25, 0.3) is 0 Å². The van der Waals surface area contributed by atoms with Gasteiger partial charge in [-0.2, -0.15) is 0 Å². The number of hydrogen-bond donors (Lipinski definition) is 1. The van der Waals surface area contributed by atoms with Gasteiger partial charge in [-0.25, -0.2) is 0 Å². The highest BCUT2D eigenvalue weighted by Crippen LogP contribution is 2.25. The fourth-order valence-corrected chi connectivity index (χ4v) is 2.24. The highest BCUT2D eigenvalue weighted by Gasteiger charge is 2.06. The van der Waals surface area contributed by atoms with Crippen molar-refractivity contribution in [3.05, 3.63) is 54.1 Å². The Morgan fingerprint density at radius 2 is 1.71 bits per heavy atom. The number of hydrogen-bond acceptors (Lipinski definition) is 4. The van der Waals surface area contributed by atoms with E-state index in [9.17, 15) is 4.79 Å². The van der Waals surface area contributed by atoms with E-state index in [1.54, 1.807) is 19.2 Å². The van der Waals surface area contributed by atoms with Crippen LogP contribution in [0.15, 0.2) is 48.5 Å². The molecule has 0 atom stereocenters. The van der Waals surface area contributed by atoms with Crippen molar-refractivity contribution >= 4 is 11.6 Å². The number of methoxy groups -OCH3 is 1. The van der Waals surface area contributed by atoms with Gasteiger partial charge in [0.15, 0.2) is 18.1 Å². The summed E-state index contributed by atoms with van der Waals surface area (Å²) in [4.78, 5) is 13.9. The van der Waals surface area contributed by atoms with Crippen molar-refractivity contribution < 1.29 is 14.3 Å². The maximum Gasteiger partial charge on any atom is 0.257 e. The molecule has 128 valence electrons. The first-order valence-corrected chi connectivity index (χ1v) is 7.89. The summed E-state index contributed by atoms with van der Waals surface area (Å²) in [5.74, 6) is 1.03. The van der Waals surface area contributed by atoms with Gasteiger partial charge in [0.1, 0.15) is 0 Å². The molecule has 0 unspecified atom stereocenters. The van der Waals surface area contributed by atoms with Gasteiger partial charge in [0.25, 0.3) is 5.91 Å². The maximum atomic E-state index is 11.9. The molecular weight excluding hydrogens is 304 g/mol. The first-order valence-electron chi connectivity index (χ1n) is 7.89. The molecule has 0 fully saturated rings. The first kappa shape index (κ1) is 17.7. The van der Waals surface area contributed by atoms with Crippen LogP contribution in [-0.4, -0.2) is 40.3 Å². The standard InChI is InChI=1S/C19H24N2O3/c1-21(2)16-10-8-15(9-11-16)12-13-20-19(22)14-24-18-7-5-4-6-17(18)23-3/h4-11H,12-14H2,1-3H3,(H,20,22). The monoisotopic (exact) mass is 328 g/mol. The molecule has 0 radical (unpaired) electrons. The average Bonchev–Trinajstić information content (AvgIpc) is 2.60. The van der Waals surface area contributed by atoms with E-state index in [1.165, 1.54) is 5.56 Å². The van der Waals surface area contributed by atoms with E-state index in [0.717, 1.165) is 12.1 Å². The molecule has 1 N–H and O–H groups in total. The molecule has 0 saturated carbocycles. The molecule has 0 saturated heterocycles. The number of anilines is 1. The number of rotatable bonds is 8. The topological polar surface area (TPSA) is 50.8 Å².